The molecule has 92 valence electrons. The molecular weight excluding hydrogens is 244 g/mol. The van der Waals surface area contributed by atoms with Gasteiger partial charge in [-0.3, -0.25) is 5.41 Å². The van der Waals surface area contributed by atoms with Crippen LogP contribution in [-0.2, 0) is 0 Å². The van der Waals surface area contributed by atoms with Crippen LogP contribution in [0.25, 0.3) is 0 Å². The number of hydrogen-bond acceptors (Lipinski definition) is 4. The monoisotopic (exact) mass is 258 g/mol. The first-order chi connectivity index (χ1) is 8.77. The Morgan fingerprint density at radius 2 is 1.83 bits per heavy atom. The van der Waals surface area contributed by atoms with E-state index in [9.17, 15) is 0 Å². The second kappa shape index (κ2) is 6.16. The van der Waals surface area contributed by atoms with Crippen LogP contribution in [0.5, 0.6) is 0 Å². The lowest BCUT2D eigenvalue weighted by Gasteiger charge is -2.14. The van der Waals surface area contributed by atoms with E-state index in [-0.39, 0.29) is 11.8 Å². The fourth-order valence-corrected chi connectivity index (χ4v) is 2.53. The highest BCUT2D eigenvalue weighted by Crippen LogP contribution is 2.23. The van der Waals surface area contributed by atoms with Crippen LogP contribution in [0.15, 0.2) is 53.9 Å². The molecule has 1 atom stereocenters. The van der Waals surface area contributed by atoms with Crippen LogP contribution in [0, 0.1) is 5.41 Å². The van der Waals surface area contributed by atoms with Crippen LogP contribution in [0.3, 0.4) is 0 Å². The van der Waals surface area contributed by atoms with Crippen molar-refractivity contribution in [3.05, 3.63) is 54.4 Å². The van der Waals surface area contributed by atoms with E-state index in [4.69, 9.17) is 11.1 Å². The van der Waals surface area contributed by atoms with Crippen LogP contribution in [0.4, 0.5) is 0 Å². The van der Waals surface area contributed by atoms with E-state index in [0.717, 1.165) is 5.56 Å². The van der Waals surface area contributed by atoms with Crippen molar-refractivity contribution in [1.29, 1.82) is 5.41 Å². The van der Waals surface area contributed by atoms with E-state index in [0.29, 0.717) is 10.9 Å². The number of aromatic nitrogens is 2. The Bertz CT molecular complexity index is 501. The molecule has 0 saturated carbocycles. The maximum Gasteiger partial charge on any atom is 0.187 e. The van der Waals surface area contributed by atoms with Gasteiger partial charge in [-0.25, -0.2) is 9.97 Å². The second-order valence-electron chi connectivity index (χ2n) is 3.76. The standard InChI is InChI=1S/C13H14N4S/c14-12(15)11(10-5-2-1-3-6-10)9-18-13-16-7-4-8-17-13/h1-8,11H,9H2,(H3,14,15). The zero-order valence-electron chi connectivity index (χ0n) is 9.78. The molecule has 2 aromatic rings. The molecule has 0 aliphatic heterocycles. The highest BCUT2D eigenvalue weighted by Gasteiger charge is 2.15. The summed E-state index contributed by atoms with van der Waals surface area (Å²) < 4.78 is 0. The third kappa shape index (κ3) is 3.30. The highest BCUT2D eigenvalue weighted by molar-refractivity contribution is 7.99. The molecule has 0 amide bonds. The Hall–Kier alpha value is -1.88. The highest BCUT2D eigenvalue weighted by atomic mass is 32.2. The molecule has 2 rings (SSSR count). The van der Waals surface area contributed by atoms with E-state index in [1.54, 1.807) is 18.5 Å². The van der Waals surface area contributed by atoms with Gasteiger partial charge in [0.05, 0.1) is 11.8 Å². The number of rotatable bonds is 5. The zero-order chi connectivity index (χ0) is 12.8. The number of amidine groups is 1. The third-order valence-corrected chi connectivity index (χ3v) is 3.47. The van der Waals surface area contributed by atoms with Gasteiger partial charge >= 0.3 is 0 Å². The molecule has 18 heavy (non-hydrogen) atoms. The zero-order valence-corrected chi connectivity index (χ0v) is 10.6. The fraction of sp³-hybridized carbons (Fsp3) is 0.154. The van der Waals surface area contributed by atoms with Gasteiger partial charge in [0.2, 0.25) is 0 Å². The number of benzene rings is 1. The number of nitrogens with one attached hydrogen (secondary N) is 1. The second-order valence-corrected chi connectivity index (χ2v) is 4.75. The van der Waals surface area contributed by atoms with Crippen molar-refractivity contribution < 1.29 is 0 Å². The molecule has 1 aromatic heterocycles. The molecule has 4 nitrogen and oxygen atoms in total. The molecule has 1 unspecified atom stereocenters. The molecule has 0 radical (unpaired) electrons. The van der Waals surface area contributed by atoms with Crippen molar-refractivity contribution >= 4 is 17.6 Å². The van der Waals surface area contributed by atoms with E-state index < -0.39 is 0 Å². The number of nitrogens with zero attached hydrogens (tertiary/aromatic N) is 2. The van der Waals surface area contributed by atoms with Gasteiger partial charge in [-0.15, -0.1) is 0 Å². The molecule has 1 heterocycles. The van der Waals surface area contributed by atoms with Gasteiger partial charge < -0.3 is 5.73 Å². The van der Waals surface area contributed by atoms with Crippen LogP contribution >= 0.6 is 11.8 Å². The smallest absolute Gasteiger partial charge is 0.187 e. The van der Waals surface area contributed by atoms with E-state index >= 15 is 0 Å². The van der Waals surface area contributed by atoms with Crippen molar-refractivity contribution in [2.24, 2.45) is 5.73 Å². The topological polar surface area (TPSA) is 75.7 Å². The summed E-state index contributed by atoms with van der Waals surface area (Å²) in [6.07, 6.45) is 3.42. The maximum atomic E-state index is 7.68. The average molecular weight is 258 g/mol. The summed E-state index contributed by atoms with van der Waals surface area (Å²) in [6.45, 7) is 0. The summed E-state index contributed by atoms with van der Waals surface area (Å²) in [5, 5.41) is 8.39. The van der Waals surface area contributed by atoms with E-state index in [1.165, 1.54) is 11.8 Å². The molecule has 0 saturated heterocycles. The van der Waals surface area contributed by atoms with Gasteiger partial charge in [-0.1, -0.05) is 42.1 Å². The molecule has 0 bridgehead atoms. The molecule has 1 aromatic carbocycles. The normalized spacial score (nSPS) is 12.0. The Morgan fingerprint density at radius 1 is 1.17 bits per heavy atom. The van der Waals surface area contributed by atoms with Crippen LogP contribution in [0.2, 0.25) is 0 Å². The maximum absolute atomic E-state index is 7.68. The molecule has 0 aliphatic carbocycles. The summed E-state index contributed by atoms with van der Waals surface area (Å²) in [6, 6.07) is 11.6. The van der Waals surface area contributed by atoms with Crippen molar-refractivity contribution in [2.75, 3.05) is 5.75 Å². The lowest BCUT2D eigenvalue weighted by Crippen LogP contribution is -2.22. The fourth-order valence-electron chi connectivity index (χ4n) is 1.57. The number of hydrogen-bond donors (Lipinski definition) is 2. The van der Waals surface area contributed by atoms with E-state index in [1.807, 2.05) is 30.3 Å². The summed E-state index contributed by atoms with van der Waals surface area (Å²) in [4.78, 5) is 8.29. The third-order valence-electron chi connectivity index (χ3n) is 2.50. The summed E-state index contributed by atoms with van der Waals surface area (Å²) in [7, 11) is 0. The minimum Gasteiger partial charge on any atom is -0.387 e. The lowest BCUT2D eigenvalue weighted by atomic mass is 10.0. The minimum atomic E-state index is -0.0972. The lowest BCUT2D eigenvalue weighted by molar-refractivity contribution is 0.950. The largest absolute Gasteiger partial charge is 0.387 e. The Balaban J connectivity index is 2.06. The molecule has 0 aliphatic rings. The van der Waals surface area contributed by atoms with Gasteiger partial charge in [0.1, 0.15) is 0 Å². The summed E-state index contributed by atoms with van der Waals surface area (Å²) >= 11 is 1.51. The molecular formula is C13H14N4S. The van der Waals surface area contributed by atoms with E-state index in [2.05, 4.69) is 9.97 Å². The Labute approximate surface area is 110 Å². The first-order valence-electron chi connectivity index (χ1n) is 5.56. The Morgan fingerprint density at radius 3 is 2.44 bits per heavy atom. The first-order valence-corrected chi connectivity index (χ1v) is 6.54. The van der Waals surface area contributed by atoms with Gasteiger partial charge in [-0.2, -0.15) is 0 Å². The first kappa shape index (κ1) is 12.6. The van der Waals surface area contributed by atoms with Crippen LogP contribution in [0.1, 0.15) is 11.5 Å². The van der Waals surface area contributed by atoms with Gasteiger partial charge in [0, 0.05) is 18.1 Å². The summed E-state index contributed by atoms with van der Waals surface area (Å²) in [5.41, 5.74) is 6.71. The van der Waals surface area contributed by atoms with Gasteiger partial charge in [-0.05, 0) is 11.6 Å². The molecule has 3 N–H and O–H groups in total. The molecule has 0 fully saturated rings. The van der Waals surface area contributed by atoms with Crippen molar-refractivity contribution in [2.45, 2.75) is 11.1 Å². The molecule has 5 heteroatoms. The van der Waals surface area contributed by atoms with Crippen LogP contribution < -0.4 is 5.73 Å². The number of thioether (sulfide) groups is 1. The summed E-state index contributed by atoms with van der Waals surface area (Å²) in [5.74, 6) is 0.744. The van der Waals surface area contributed by atoms with Crippen molar-refractivity contribution in [3.63, 3.8) is 0 Å². The van der Waals surface area contributed by atoms with Crippen molar-refractivity contribution in [1.82, 2.24) is 9.97 Å². The SMILES string of the molecule is N=C(N)C(CSc1ncccn1)c1ccccc1. The molecule has 0 spiro atoms. The number of nitrogens with two attached hydrogens (primary N) is 1. The predicted octanol–water partition coefficient (Wildman–Crippen LogP) is 2.29. The average Bonchev–Trinajstić information content (AvgIpc) is 2.41. The van der Waals surface area contributed by atoms with Crippen molar-refractivity contribution in [3.8, 4) is 0 Å². The van der Waals surface area contributed by atoms with Gasteiger partial charge in [0.15, 0.2) is 5.16 Å². The predicted molar refractivity (Wildman–Crippen MR) is 73.9 cm³/mol. The Kier molecular flexibility index (Phi) is 4.30. The van der Waals surface area contributed by atoms with Gasteiger partial charge in [0.25, 0.3) is 0 Å². The van der Waals surface area contributed by atoms with Crippen LogP contribution in [-0.4, -0.2) is 21.6 Å². The minimum absolute atomic E-state index is 0.0972. The quantitative estimate of drug-likeness (QED) is 0.373.